The van der Waals surface area contributed by atoms with Gasteiger partial charge in [0.1, 0.15) is 11.5 Å². The summed E-state index contributed by atoms with van der Waals surface area (Å²) >= 11 is 1.52. The zero-order valence-corrected chi connectivity index (χ0v) is 20.1. The van der Waals surface area contributed by atoms with Crippen LogP contribution in [0.4, 0.5) is 11.5 Å². The highest BCUT2D eigenvalue weighted by atomic mass is 32.1. The Morgan fingerprint density at radius 3 is 2.69 bits per heavy atom. The zero-order chi connectivity index (χ0) is 24.5. The molecule has 1 aliphatic heterocycles. The Hall–Kier alpha value is -4.05. The Bertz CT molecular complexity index is 1440. The van der Waals surface area contributed by atoms with Crippen LogP contribution < -0.4 is 15.8 Å². The number of hydrogen-bond donors (Lipinski definition) is 2. The smallest absolute Gasteiger partial charge is 0.255 e. The van der Waals surface area contributed by atoms with E-state index in [1.165, 1.54) is 16.0 Å². The van der Waals surface area contributed by atoms with Crippen molar-refractivity contribution in [3.05, 3.63) is 75.5 Å². The fraction of sp³-hybridized carbons (Fsp3) is 0.240. The lowest BCUT2D eigenvalue weighted by Crippen LogP contribution is -2.29. The van der Waals surface area contributed by atoms with Gasteiger partial charge < -0.3 is 10.2 Å². The lowest BCUT2D eigenvalue weighted by molar-refractivity contribution is -0.122. The number of amides is 2. The van der Waals surface area contributed by atoms with E-state index in [1.807, 2.05) is 54.8 Å². The summed E-state index contributed by atoms with van der Waals surface area (Å²) in [4.78, 5) is 48.3. The quantitative estimate of drug-likeness (QED) is 0.431. The van der Waals surface area contributed by atoms with Crippen molar-refractivity contribution in [1.29, 1.82) is 0 Å². The molecule has 1 aromatic carbocycles. The molecule has 9 nitrogen and oxygen atoms in total. The maximum absolute atomic E-state index is 13.2. The summed E-state index contributed by atoms with van der Waals surface area (Å²) in [7, 11) is 0. The first-order chi connectivity index (χ1) is 16.9. The van der Waals surface area contributed by atoms with E-state index in [2.05, 4.69) is 20.4 Å². The Morgan fingerprint density at radius 2 is 2.00 bits per heavy atom. The number of benzene rings is 1. The summed E-state index contributed by atoms with van der Waals surface area (Å²) in [6.45, 7) is 3.97. The Balaban J connectivity index is 1.46. The summed E-state index contributed by atoms with van der Waals surface area (Å²) in [5, 5.41) is 9.48. The molecular weight excluding hydrogens is 464 g/mol. The van der Waals surface area contributed by atoms with Gasteiger partial charge in [-0.15, -0.1) is 11.3 Å². The van der Waals surface area contributed by atoms with Crippen LogP contribution in [-0.2, 0) is 16.0 Å². The number of rotatable bonds is 6. The van der Waals surface area contributed by atoms with Crippen molar-refractivity contribution in [2.24, 2.45) is 5.92 Å². The van der Waals surface area contributed by atoms with Crippen molar-refractivity contribution in [1.82, 2.24) is 19.7 Å². The highest BCUT2D eigenvalue weighted by molar-refractivity contribution is 7.13. The van der Waals surface area contributed by atoms with E-state index < -0.39 is 5.92 Å². The van der Waals surface area contributed by atoms with Crippen molar-refractivity contribution in [2.75, 3.05) is 16.8 Å². The molecule has 0 radical (unpaired) electrons. The van der Waals surface area contributed by atoms with Gasteiger partial charge in [-0.2, -0.15) is 9.78 Å². The van der Waals surface area contributed by atoms with E-state index in [1.54, 1.807) is 17.9 Å². The molecule has 178 valence electrons. The average molecular weight is 489 g/mol. The first-order valence-electron chi connectivity index (χ1n) is 11.3. The number of nitrogens with one attached hydrogen (secondary N) is 2. The van der Waals surface area contributed by atoms with Crippen molar-refractivity contribution < 1.29 is 9.59 Å². The number of nitrogens with zero attached hydrogens (tertiary/aromatic N) is 4. The summed E-state index contributed by atoms with van der Waals surface area (Å²) in [6, 6.07) is 14.9. The maximum Gasteiger partial charge on any atom is 0.255 e. The summed E-state index contributed by atoms with van der Waals surface area (Å²) < 4.78 is 1.44. The topological polar surface area (TPSA) is 113 Å². The van der Waals surface area contributed by atoms with Gasteiger partial charge in [-0.1, -0.05) is 31.2 Å². The molecule has 4 heterocycles. The van der Waals surface area contributed by atoms with Crippen LogP contribution in [0.15, 0.2) is 58.7 Å². The molecule has 0 aliphatic carbocycles. The van der Waals surface area contributed by atoms with Crippen molar-refractivity contribution >= 4 is 34.7 Å². The fourth-order valence-electron chi connectivity index (χ4n) is 4.26. The second-order valence-corrected chi connectivity index (χ2v) is 9.29. The largest absolute Gasteiger partial charge is 0.312 e. The minimum Gasteiger partial charge on any atom is -0.312 e. The van der Waals surface area contributed by atoms with Gasteiger partial charge in [0.2, 0.25) is 17.8 Å². The molecular formula is C25H24N6O3S. The van der Waals surface area contributed by atoms with Crippen LogP contribution >= 0.6 is 11.3 Å². The van der Waals surface area contributed by atoms with Gasteiger partial charge in [0.15, 0.2) is 0 Å². The fourth-order valence-corrected chi connectivity index (χ4v) is 4.94. The Labute approximate surface area is 205 Å². The van der Waals surface area contributed by atoms with E-state index in [0.717, 1.165) is 10.6 Å². The molecule has 3 aromatic heterocycles. The van der Waals surface area contributed by atoms with Gasteiger partial charge in [0.05, 0.1) is 10.8 Å². The van der Waals surface area contributed by atoms with E-state index in [4.69, 9.17) is 0 Å². The third kappa shape index (κ3) is 4.40. The number of hydrogen-bond acceptors (Lipinski definition) is 6. The molecule has 2 N–H and O–H groups in total. The molecule has 35 heavy (non-hydrogen) atoms. The molecule has 1 aliphatic rings. The molecule has 1 unspecified atom stereocenters. The number of para-hydroxylation sites is 1. The summed E-state index contributed by atoms with van der Waals surface area (Å²) in [5.41, 5.74) is 2.39. The van der Waals surface area contributed by atoms with Gasteiger partial charge in [-0.3, -0.25) is 19.4 Å². The van der Waals surface area contributed by atoms with Crippen LogP contribution in [0.25, 0.3) is 16.5 Å². The molecule has 0 spiro atoms. The number of H-pyrrole nitrogens is 1. The van der Waals surface area contributed by atoms with Crippen LogP contribution in [0.2, 0.25) is 0 Å². The highest BCUT2D eigenvalue weighted by Gasteiger charge is 2.35. The number of carbonyl (C=O) groups excluding carboxylic acids is 2. The van der Waals surface area contributed by atoms with E-state index in [0.29, 0.717) is 35.7 Å². The minimum absolute atomic E-state index is 0.0964. The highest BCUT2D eigenvalue weighted by Crippen LogP contribution is 2.29. The molecule has 0 saturated carbocycles. The summed E-state index contributed by atoms with van der Waals surface area (Å²) in [6.07, 6.45) is 0.678. The lowest BCUT2D eigenvalue weighted by atomic mass is 10.1. The zero-order valence-electron chi connectivity index (χ0n) is 19.3. The van der Waals surface area contributed by atoms with Crippen LogP contribution in [-0.4, -0.2) is 38.1 Å². The molecule has 1 atom stereocenters. The monoisotopic (exact) mass is 488 g/mol. The minimum atomic E-state index is -0.521. The number of carbonyl (C=O) groups is 2. The number of aromatic nitrogens is 4. The van der Waals surface area contributed by atoms with Gasteiger partial charge in [0.25, 0.3) is 5.56 Å². The normalized spacial score (nSPS) is 15.5. The standard InChI is InChI=1S/C25H24N6O3S/c1-3-18-15(2)26-25(28-24(18)34)31-21(13-19(29-31)20-10-7-11-35-20)27-23(33)16-12-22(32)30(14-16)17-8-5-4-6-9-17/h4-11,13,16H,3,12,14H2,1-2H3,(H,27,33)(H,26,28,34). The Morgan fingerprint density at radius 1 is 1.20 bits per heavy atom. The summed E-state index contributed by atoms with van der Waals surface area (Å²) in [5.74, 6) is -0.319. The molecule has 2 amide bonds. The van der Waals surface area contributed by atoms with Gasteiger partial charge in [0, 0.05) is 36.0 Å². The van der Waals surface area contributed by atoms with Gasteiger partial charge in [-0.25, -0.2) is 4.98 Å². The SMILES string of the molecule is CCc1c(C)nc(-n2nc(-c3cccs3)cc2NC(=O)C2CC(=O)N(c3ccccc3)C2)[nH]c1=O. The molecule has 10 heteroatoms. The van der Waals surface area contributed by atoms with Crippen LogP contribution in [0.3, 0.4) is 0 Å². The molecule has 1 fully saturated rings. The molecule has 5 rings (SSSR count). The first-order valence-corrected chi connectivity index (χ1v) is 12.2. The number of aromatic amines is 1. The van der Waals surface area contributed by atoms with Crippen molar-refractivity contribution in [3.8, 4) is 16.5 Å². The molecule has 1 saturated heterocycles. The van der Waals surface area contributed by atoms with Crippen molar-refractivity contribution in [3.63, 3.8) is 0 Å². The second-order valence-electron chi connectivity index (χ2n) is 8.34. The maximum atomic E-state index is 13.2. The molecule has 0 bridgehead atoms. The van der Waals surface area contributed by atoms with Gasteiger partial charge in [-0.05, 0) is 36.9 Å². The average Bonchev–Trinajstić information content (AvgIpc) is 3.59. The van der Waals surface area contributed by atoms with Crippen LogP contribution in [0.1, 0.15) is 24.6 Å². The van der Waals surface area contributed by atoms with Gasteiger partial charge >= 0.3 is 0 Å². The predicted octanol–water partition coefficient (Wildman–Crippen LogP) is 3.55. The van der Waals surface area contributed by atoms with Crippen LogP contribution in [0, 0.1) is 12.8 Å². The second kappa shape index (κ2) is 9.30. The van der Waals surface area contributed by atoms with E-state index in [-0.39, 0.29) is 29.7 Å². The number of thiophene rings is 1. The molecule has 4 aromatic rings. The predicted molar refractivity (Wildman–Crippen MR) is 135 cm³/mol. The number of aryl methyl sites for hydroxylation is 1. The third-order valence-corrected chi connectivity index (χ3v) is 6.95. The number of anilines is 2. The first kappa shape index (κ1) is 22.7. The van der Waals surface area contributed by atoms with E-state index in [9.17, 15) is 14.4 Å². The Kier molecular flexibility index (Phi) is 6.04. The lowest BCUT2D eigenvalue weighted by Gasteiger charge is -2.16. The van der Waals surface area contributed by atoms with Crippen molar-refractivity contribution in [2.45, 2.75) is 26.7 Å². The van der Waals surface area contributed by atoms with E-state index >= 15 is 0 Å². The third-order valence-electron chi connectivity index (χ3n) is 6.06. The van der Waals surface area contributed by atoms with Crippen LogP contribution in [0.5, 0.6) is 0 Å².